The quantitative estimate of drug-likeness (QED) is 0.380. The minimum atomic E-state index is -0.542. The third kappa shape index (κ3) is 12.4. The Morgan fingerprint density at radius 3 is 2.19 bits per heavy atom. The first-order valence-corrected chi connectivity index (χ1v) is 12.7. The van der Waals surface area contributed by atoms with Crippen LogP contribution in [0.5, 0.6) is 11.5 Å². The van der Waals surface area contributed by atoms with Crippen LogP contribution in [0.1, 0.15) is 81.9 Å². The fourth-order valence-electron chi connectivity index (χ4n) is 3.22. The molecule has 1 N–H and O–H groups in total. The predicted molar refractivity (Wildman–Crippen MR) is 149 cm³/mol. The summed E-state index contributed by atoms with van der Waals surface area (Å²) in [5.41, 5.74) is 3.27. The van der Waals surface area contributed by atoms with Gasteiger partial charge in [-0.05, 0) is 51.8 Å². The van der Waals surface area contributed by atoms with Crippen molar-refractivity contribution in [3.8, 4) is 11.5 Å². The van der Waals surface area contributed by atoms with Gasteiger partial charge >= 0.3 is 6.09 Å². The number of aldehydes is 1. The Labute approximate surface area is 222 Å². The van der Waals surface area contributed by atoms with Crippen LogP contribution in [0, 0.1) is 12.8 Å². The van der Waals surface area contributed by atoms with E-state index in [0.29, 0.717) is 17.7 Å². The highest BCUT2D eigenvalue weighted by molar-refractivity contribution is 5.85. The van der Waals surface area contributed by atoms with Gasteiger partial charge in [0.05, 0.1) is 26.3 Å². The number of methoxy groups -OCH3 is 2. The summed E-state index contributed by atoms with van der Waals surface area (Å²) < 4.78 is 15.8. The Morgan fingerprint density at radius 2 is 1.70 bits per heavy atom. The molecule has 0 aliphatic rings. The number of rotatable bonds is 9. The summed E-state index contributed by atoms with van der Waals surface area (Å²) in [5, 5.41) is 2.44. The molecule has 2 aromatic rings. The van der Waals surface area contributed by atoms with Crippen LogP contribution in [-0.2, 0) is 16.0 Å². The van der Waals surface area contributed by atoms with E-state index in [1.54, 1.807) is 47.1 Å². The van der Waals surface area contributed by atoms with E-state index in [1.807, 2.05) is 33.8 Å². The third-order valence-corrected chi connectivity index (χ3v) is 5.23. The SMILES string of the molecule is CC.CCC(C)C(=O)CNC(=O)OC(C)(C)C.COc1ccc(C=O)c(OC)c1Cc1cccc(C)c1. The fourth-order valence-corrected chi connectivity index (χ4v) is 3.22. The number of hydrogen-bond donors (Lipinski definition) is 1. The van der Waals surface area contributed by atoms with E-state index in [2.05, 4.69) is 30.4 Å². The number of ether oxygens (including phenoxy) is 3. The highest BCUT2D eigenvalue weighted by Gasteiger charge is 2.18. The van der Waals surface area contributed by atoms with Gasteiger partial charge in [0.25, 0.3) is 0 Å². The van der Waals surface area contributed by atoms with Crippen LogP contribution in [0.2, 0.25) is 0 Å². The predicted octanol–water partition coefficient (Wildman–Crippen LogP) is 6.57. The van der Waals surface area contributed by atoms with Crippen LogP contribution in [0.25, 0.3) is 0 Å². The molecule has 0 bridgehead atoms. The van der Waals surface area contributed by atoms with Crippen molar-refractivity contribution < 1.29 is 28.6 Å². The standard InChI is InChI=1S/C17H18O3.C11H21NO3.C2H6/c1-12-5-4-6-13(9-12)10-15-16(19-2)8-7-14(11-18)17(15)20-3;1-6-8(2)9(13)7-12-10(14)15-11(3,4)5;1-2/h4-9,11H,10H2,1-3H3;8H,6-7H2,1-5H3,(H,12,14);1-2H3. The molecule has 0 radical (unpaired) electrons. The smallest absolute Gasteiger partial charge is 0.408 e. The zero-order valence-corrected chi connectivity index (χ0v) is 24.2. The third-order valence-electron chi connectivity index (χ3n) is 5.23. The molecular formula is C30H45NO6. The topological polar surface area (TPSA) is 90.9 Å². The normalized spacial score (nSPS) is 11.0. The molecule has 7 heteroatoms. The van der Waals surface area contributed by atoms with Crippen molar-refractivity contribution in [2.45, 2.75) is 73.8 Å². The minimum Gasteiger partial charge on any atom is -0.496 e. The van der Waals surface area contributed by atoms with Crippen molar-refractivity contribution >= 4 is 18.2 Å². The second-order valence-corrected chi connectivity index (χ2v) is 9.28. The molecule has 7 nitrogen and oxygen atoms in total. The first-order chi connectivity index (χ1) is 17.4. The monoisotopic (exact) mass is 515 g/mol. The van der Waals surface area contributed by atoms with Crippen LogP contribution in [-0.4, -0.2) is 44.5 Å². The Balaban J connectivity index is 0.000000684. The molecule has 1 atom stereocenters. The first kappa shape index (κ1) is 33.7. The average Bonchev–Trinajstić information content (AvgIpc) is 2.87. The molecule has 1 unspecified atom stereocenters. The van der Waals surface area contributed by atoms with Crippen molar-refractivity contribution in [1.82, 2.24) is 5.32 Å². The lowest BCUT2D eigenvalue weighted by Gasteiger charge is -2.19. The van der Waals surface area contributed by atoms with Gasteiger partial charge in [0.1, 0.15) is 17.1 Å². The molecule has 0 aliphatic heterocycles. The van der Waals surface area contributed by atoms with E-state index in [1.165, 1.54) is 5.56 Å². The summed E-state index contributed by atoms with van der Waals surface area (Å²) in [6, 6.07) is 11.8. The minimum absolute atomic E-state index is 0.0139. The lowest BCUT2D eigenvalue weighted by Crippen LogP contribution is -2.36. The van der Waals surface area contributed by atoms with Crippen LogP contribution in [0.15, 0.2) is 36.4 Å². The largest absolute Gasteiger partial charge is 0.496 e. The summed E-state index contributed by atoms with van der Waals surface area (Å²) in [7, 11) is 3.19. The highest BCUT2D eigenvalue weighted by atomic mass is 16.6. The van der Waals surface area contributed by atoms with Crippen LogP contribution < -0.4 is 14.8 Å². The van der Waals surface area contributed by atoms with E-state index in [0.717, 1.165) is 29.6 Å². The molecule has 0 aromatic heterocycles. The molecule has 0 aliphatic carbocycles. The molecule has 2 aromatic carbocycles. The number of alkyl carbamates (subject to hydrolysis) is 1. The molecule has 0 heterocycles. The zero-order chi connectivity index (χ0) is 28.6. The number of carbonyl (C=O) groups is 3. The number of benzene rings is 2. The zero-order valence-electron chi connectivity index (χ0n) is 24.2. The number of ketones is 1. The molecule has 1 amide bonds. The van der Waals surface area contributed by atoms with Gasteiger partial charge in [-0.1, -0.05) is 57.5 Å². The maximum Gasteiger partial charge on any atom is 0.408 e. The number of amides is 1. The van der Waals surface area contributed by atoms with Gasteiger partial charge in [-0.2, -0.15) is 0 Å². The molecule has 0 saturated heterocycles. The molecule has 206 valence electrons. The van der Waals surface area contributed by atoms with E-state index < -0.39 is 11.7 Å². The molecule has 2 rings (SSSR count). The van der Waals surface area contributed by atoms with Crippen LogP contribution in [0.4, 0.5) is 4.79 Å². The van der Waals surface area contributed by atoms with Gasteiger partial charge in [-0.15, -0.1) is 0 Å². The maximum atomic E-state index is 11.4. The van der Waals surface area contributed by atoms with Crippen molar-refractivity contribution in [1.29, 1.82) is 0 Å². The lowest BCUT2D eigenvalue weighted by molar-refractivity contribution is -0.121. The van der Waals surface area contributed by atoms with E-state index in [9.17, 15) is 14.4 Å². The van der Waals surface area contributed by atoms with Gasteiger partial charge in [0.2, 0.25) is 0 Å². The summed E-state index contributed by atoms with van der Waals surface area (Å²) in [4.78, 5) is 33.7. The number of nitrogens with one attached hydrogen (secondary N) is 1. The second kappa shape index (κ2) is 17.2. The second-order valence-electron chi connectivity index (χ2n) is 9.28. The molecule has 0 fully saturated rings. The first-order valence-electron chi connectivity index (χ1n) is 12.7. The van der Waals surface area contributed by atoms with Crippen molar-refractivity contribution in [2.75, 3.05) is 20.8 Å². The fraction of sp³-hybridized carbons (Fsp3) is 0.500. The van der Waals surface area contributed by atoms with Crippen LogP contribution >= 0.6 is 0 Å². The highest BCUT2D eigenvalue weighted by Crippen LogP contribution is 2.33. The number of carbonyl (C=O) groups excluding carboxylic acids is 3. The van der Waals surface area contributed by atoms with E-state index >= 15 is 0 Å². The molecular weight excluding hydrogens is 470 g/mol. The van der Waals surface area contributed by atoms with E-state index in [4.69, 9.17) is 14.2 Å². The maximum absolute atomic E-state index is 11.4. The summed E-state index contributed by atoms with van der Waals surface area (Å²) >= 11 is 0. The Bertz CT molecular complexity index is 994. The van der Waals surface area contributed by atoms with Crippen molar-refractivity contribution in [3.63, 3.8) is 0 Å². The summed E-state index contributed by atoms with van der Waals surface area (Å²) in [5.74, 6) is 1.33. The number of aryl methyl sites for hydroxylation is 1. The average molecular weight is 516 g/mol. The van der Waals surface area contributed by atoms with Gasteiger partial charge in [0, 0.05) is 17.9 Å². The molecule has 37 heavy (non-hydrogen) atoms. The Kier molecular flexibility index (Phi) is 15.6. The van der Waals surface area contributed by atoms with Gasteiger partial charge in [-0.3, -0.25) is 9.59 Å². The lowest BCUT2D eigenvalue weighted by atomic mass is 9.99. The summed E-state index contributed by atoms with van der Waals surface area (Å²) in [6.45, 7) is 15.2. The van der Waals surface area contributed by atoms with Crippen molar-refractivity contribution in [2.24, 2.45) is 5.92 Å². The van der Waals surface area contributed by atoms with Crippen LogP contribution in [0.3, 0.4) is 0 Å². The Morgan fingerprint density at radius 1 is 1.05 bits per heavy atom. The number of hydrogen-bond acceptors (Lipinski definition) is 6. The summed E-state index contributed by atoms with van der Waals surface area (Å²) in [6.07, 6.45) is 1.71. The van der Waals surface area contributed by atoms with Gasteiger partial charge in [-0.25, -0.2) is 4.79 Å². The van der Waals surface area contributed by atoms with E-state index in [-0.39, 0.29) is 18.2 Å². The number of Topliss-reactive ketones (excluding diaryl/α,β-unsaturated/α-hetero) is 1. The van der Waals surface area contributed by atoms with Gasteiger partial charge < -0.3 is 19.5 Å². The molecule has 0 spiro atoms. The van der Waals surface area contributed by atoms with Gasteiger partial charge in [0.15, 0.2) is 12.1 Å². The molecule has 0 saturated carbocycles. The van der Waals surface area contributed by atoms with Crippen molar-refractivity contribution in [3.05, 3.63) is 58.7 Å². The Hall–Kier alpha value is -3.35.